The fourth-order valence-electron chi connectivity index (χ4n) is 3.13. The normalized spacial score (nSPS) is 13.5. The van der Waals surface area contributed by atoms with Gasteiger partial charge in [-0.1, -0.05) is 29.3 Å². The van der Waals surface area contributed by atoms with Crippen LogP contribution >= 0.6 is 23.2 Å². The number of carbonyl (C=O) groups is 2. The second-order valence-corrected chi connectivity index (χ2v) is 7.51. The maximum absolute atomic E-state index is 12.7. The van der Waals surface area contributed by atoms with E-state index in [9.17, 15) is 9.59 Å². The molecule has 0 bridgehead atoms. The zero-order chi connectivity index (χ0) is 20.1. The van der Waals surface area contributed by atoms with Crippen LogP contribution < -0.4 is 10.1 Å². The largest absolute Gasteiger partial charge is 0.493 e. The summed E-state index contributed by atoms with van der Waals surface area (Å²) in [6, 6.07) is 10.3. The lowest BCUT2D eigenvalue weighted by atomic mass is 10.1. The third-order valence-electron chi connectivity index (χ3n) is 4.72. The van der Waals surface area contributed by atoms with Crippen molar-refractivity contribution in [2.45, 2.75) is 26.2 Å². The number of nitrogens with zero attached hydrogens (tertiary/aromatic N) is 1. The maximum atomic E-state index is 12.7. The van der Waals surface area contributed by atoms with E-state index in [1.165, 1.54) is 0 Å². The molecule has 1 aliphatic heterocycles. The molecule has 1 fully saturated rings. The van der Waals surface area contributed by atoms with Gasteiger partial charge in [0.15, 0.2) is 0 Å². The predicted molar refractivity (Wildman–Crippen MR) is 112 cm³/mol. The van der Waals surface area contributed by atoms with Crippen LogP contribution in [0.2, 0.25) is 10.0 Å². The highest BCUT2D eigenvalue weighted by Gasteiger charge is 2.22. The molecule has 5 nitrogen and oxygen atoms in total. The Balaban J connectivity index is 1.57. The van der Waals surface area contributed by atoms with Gasteiger partial charge in [-0.05, 0) is 49.6 Å². The number of hydrogen-bond donors (Lipinski definition) is 1. The van der Waals surface area contributed by atoms with Gasteiger partial charge >= 0.3 is 0 Å². The molecule has 148 valence electrons. The summed E-state index contributed by atoms with van der Waals surface area (Å²) in [4.78, 5) is 26.8. The number of amides is 2. The average Bonchev–Trinajstić information content (AvgIpc) is 3.20. The van der Waals surface area contributed by atoms with Crippen LogP contribution in [0.4, 0.5) is 5.69 Å². The first-order valence-corrected chi connectivity index (χ1v) is 9.98. The standard InChI is InChI=1S/C21H22Cl2N2O3/c1-14-16(21(27)25-10-2-3-11-25)5-4-6-19(14)24-20(26)9-12-28-15-7-8-17(22)18(23)13-15/h4-8,13H,2-3,9-12H2,1H3,(H,24,26). The highest BCUT2D eigenvalue weighted by Crippen LogP contribution is 2.26. The van der Waals surface area contributed by atoms with Gasteiger partial charge in [-0.15, -0.1) is 0 Å². The fourth-order valence-corrected chi connectivity index (χ4v) is 3.42. The van der Waals surface area contributed by atoms with E-state index in [0.717, 1.165) is 31.5 Å². The molecule has 0 unspecified atom stereocenters. The monoisotopic (exact) mass is 420 g/mol. The minimum absolute atomic E-state index is 0.0223. The van der Waals surface area contributed by atoms with Crippen molar-refractivity contribution in [3.05, 3.63) is 57.6 Å². The Morgan fingerprint density at radius 1 is 1.11 bits per heavy atom. The summed E-state index contributed by atoms with van der Waals surface area (Å²) < 4.78 is 5.55. The first kappa shape index (κ1) is 20.5. The van der Waals surface area contributed by atoms with Gasteiger partial charge in [0.2, 0.25) is 5.91 Å². The van der Waals surface area contributed by atoms with Gasteiger partial charge in [-0.25, -0.2) is 0 Å². The minimum Gasteiger partial charge on any atom is -0.493 e. The van der Waals surface area contributed by atoms with Crippen molar-refractivity contribution in [3.63, 3.8) is 0 Å². The highest BCUT2D eigenvalue weighted by molar-refractivity contribution is 6.42. The zero-order valence-electron chi connectivity index (χ0n) is 15.6. The predicted octanol–water partition coefficient (Wildman–Crippen LogP) is 4.95. The molecule has 0 radical (unpaired) electrons. The second-order valence-electron chi connectivity index (χ2n) is 6.70. The quantitative estimate of drug-likeness (QED) is 0.719. The Kier molecular flexibility index (Phi) is 6.81. The Labute approximate surface area is 174 Å². The van der Waals surface area contributed by atoms with E-state index in [1.54, 1.807) is 36.4 Å². The first-order valence-electron chi connectivity index (χ1n) is 9.22. The Morgan fingerprint density at radius 3 is 2.57 bits per heavy atom. The molecule has 2 aromatic rings. The molecule has 2 aromatic carbocycles. The molecule has 1 N–H and O–H groups in total. The molecule has 0 spiro atoms. The summed E-state index contributed by atoms with van der Waals surface area (Å²) in [7, 11) is 0. The van der Waals surface area contributed by atoms with Crippen molar-refractivity contribution in [1.29, 1.82) is 0 Å². The van der Waals surface area contributed by atoms with Crippen molar-refractivity contribution >= 4 is 40.7 Å². The van der Waals surface area contributed by atoms with Crippen LogP contribution in [-0.4, -0.2) is 36.4 Å². The van der Waals surface area contributed by atoms with Gasteiger partial charge in [-0.2, -0.15) is 0 Å². The third kappa shape index (κ3) is 4.97. The highest BCUT2D eigenvalue weighted by atomic mass is 35.5. The number of anilines is 1. The zero-order valence-corrected chi connectivity index (χ0v) is 17.1. The van der Waals surface area contributed by atoms with Crippen molar-refractivity contribution in [1.82, 2.24) is 4.90 Å². The van der Waals surface area contributed by atoms with Crippen LogP contribution in [0.15, 0.2) is 36.4 Å². The van der Waals surface area contributed by atoms with Gasteiger partial charge in [0.25, 0.3) is 5.91 Å². The number of rotatable bonds is 6. The molecule has 1 aliphatic rings. The van der Waals surface area contributed by atoms with E-state index in [1.807, 2.05) is 11.8 Å². The molecule has 1 saturated heterocycles. The fraction of sp³-hybridized carbons (Fsp3) is 0.333. The molecule has 1 heterocycles. The summed E-state index contributed by atoms with van der Waals surface area (Å²) in [6.45, 7) is 3.64. The van der Waals surface area contributed by atoms with Crippen LogP contribution in [0.5, 0.6) is 5.75 Å². The lowest BCUT2D eigenvalue weighted by Gasteiger charge is -2.18. The molecule has 28 heavy (non-hydrogen) atoms. The average molecular weight is 421 g/mol. The summed E-state index contributed by atoms with van der Waals surface area (Å²) in [5.74, 6) is 0.388. The van der Waals surface area contributed by atoms with Crippen LogP contribution in [0, 0.1) is 6.92 Å². The molecular weight excluding hydrogens is 399 g/mol. The lowest BCUT2D eigenvalue weighted by molar-refractivity contribution is -0.116. The van der Waals surface area contributed by atoms with E-state index in [4.69, 9.17) is 27.9 Å². The van der Waals surface area contributed by atoms with Crippen LogP contribution in [0.1, 0.15) is 35.2 Å². The van der Waals surface area contributed by atoms with Gasteiger partial charge < -0.3 is 15.0 Å². The summed E-state index contributed by atoms with van der Waals surface area (Å²) in [5.41, 5.74) is 2.05. The van der Waals surface area contributed by atoms with Gasteiger partial charge in [0, 0.05) is 30.4 Å². The molecule has 0 atom stereocenters. The van der Waals surface area contributed by atoms with Crippen molar-refractivity contribution in [2.24, 2.45) is 0 Å². The molecule has 2 amide bonds. The number of nitrogens with one attached hydrogen (secondary N) is 1. The second kappa shape index (κ2) is 9.30. The first-order chi connectivity index (χ1) is 13.5. The maximum Gasteiger partial charge on any atom is 0.254 e. The lowest BCUT2D eigenvalue weighted by Crippen LogP contribution is -2.28. The Hall–Kier alpha value is -2.24. The van der Waals surface area contributed by atoms with Gasteiger partial charge in [-0.3, -0.25) is 9.59 Å². The summed E-state index contributed by atoms with van der Waals surface area (Å²) in [6.07, 6.45) is 2.25. The summed E-state index contributed by atoms with van der Waals surface area (Å²) >= 11 is 11.8. The van der Waals surface area contributed by atoms with Crippen LogP contribution in [-0.2, 0) is 4.79 Å². The van der Waals surface area contributed by atoms with Gasteiger partial charge in [0.05, 0.1) is 23.1 Å². The third-order valence-corrected chi connectivity index (χ3v) is 5.46. The molecule has 7 heteroatoms. The summed E-state index contributed by atoms with van der Waals surface area (Å²) in [5, 5.41) is 3.72. The van der Waals surface area contributed by atoms with E-state index >= 15 is 0 Å². The van der Waals surface area contributed by atoms with Crippen LogP contribution in [0.25, 0.3) is 0 Å². The molecular formula is C21H22Cl2N2O3. The molecule has 0 aliphatic carbocycles. The van der Waals surface area contributed by atoms with Crippen LogP contribution in [0.3, 0.4) is 0 Å². The number of halogens is 2. The smallest absolute Gasteiger partial charge is 0.254 e. The minimum atomic E-state index is -0.186. The Bertz CT molecular complexity index is 880. The number of benzene rings is 2. The van der Waals surface area contributed by atoms with Crippen molar-refractivity contribution in [2.75, 3.05) is 25.0 Å². The SMILES string of the molecule is Cc1c(NC(=O)CCOc2ccc(Cl)c(Cl)c2)cccc1C(=O)N1CCCC1. The molecule has 0 saturated carbocycles. The molecule has 3 rings (SSSR count). The van der Waals surface area contributed by atoms with E-state index in [2.05, 4.69) is 5.32 Å². The Morgan fingerprint density at radius 2 is 1.86 bits per heavy atom. The van der Waals surface area contributed by atoms with Crippen molar-refractivity contribution in [3.8, 4) is 5.75 Å². The number of ether oxygens (including phenoxy) is 1. The topological polar surface area (TPSA) is 58.6 Å². The number of likely N-dealkylation sites (tertiary alicyclic amines) is 1. The molecule has 0 aromatic heterocycles. The number of hydrogen-bond acceptors (Lipinski definition) is 3. The van der Waals surface area contributed by atoms with Crippen molar-refractivity contribution < 1.29 is 14.3 Å². The van der Waals surface area contributed by atoms with E-state index < -0.39 is 0 Å². The number of carbonyl (C=O) groups excluding carboxylic acids is 2. The van der Waals surface area contributed by atoms with E-state index in [0.29, 0.717) is 27.0 Å². The van der Waals surface area contributed by atoms with Gasteiger partial charge in [0.1, 0.15) is 5.75 Å². The van der Waals surface area contributed by atoms with E-state index in [-0.39, 0.29) is 24.8 Å².